The number of aromatic nitrogens is 5. The van der Waals surface area contributed by atoms with E-state index < -0.39 is 0 Å². The molecule has 5 nitrogen and oxygen atoms in total. The molecule has 0 amide bonds. The molecule has 0 atom stereocenters. The number of nitrogens with zero attached hydrogens (tertiary/aromatic N) is 5. The van der Waals surface area contributed by atoms with Gasteiger partial charge in [-0.1, -0.05) is 84.6 Å². The molecule has 6 aromatic carbocycles. The maximum absolute atomic E-state index is 5.16. The lowest BCUT2D eigenvalue weighted by Gasteiger charge is -2.22. The lowest BCUT2D eigenvalue weighted by atomic mass is 10.0. The molecule has 1 aliphatic heterocycles. The molecule has 0 fully saturated rings. The zero-order chi connectivity index (χ0) is 30.6. The van der Waals surface area contributed by atoms with Gasteiger partial charge in [0.2, 0.25) is 5.95 Å². The van der Waals surface area contributed by atoms with Crippen LogP contribution in [-0.2, 0) is 0 Å². The molecule has 0 N–H and O–H groups in total. The van der Waals surface area contributed by atoms with Crippen molar-refractivity contribution in [3.05, 3.63) is 140 Å². The molecule has 0 spiro atoms. The minimum atomic E-state index is 0.659. The molecule has 0 bridgehead atoms. The Morgan fingerprint density at radius 2 is 1.34 bits per heavy atom. The fraction of sp³-hybridized carbons (Fsp3) is 0. The maximum atomic E-state index is 5.16. The first-order chi connectivity index (χ1) is 23.3. The summed E-state index contributed by atoms with van der Waals surface area (Å²) in [6.45, 7) is 0. The van der Waals surface area contributed by atoms with E-state index in [2.05, 4.69) is 129 Å². The third kappa shape index (κ3) is 3.42. The molecule has 10 aromatic rings. The zero-order valence-electron chi connectivity index (χ0n) is 24.9. The Kier molecular flexibility index (Phi) is 4.98. The molecule has 0 aliphatic carbocycles. The van der Waals surface area contributed by atoms with Crippen molar-refractivity contribution in [3.8, 4) is 22.8 Å². The van der Waals surface area contributed by atoms with E-state index in [0.717, 1.165) is 33.1 Å². The normalized spacial score (nSPS) is 12.6. The zero-order valence-corrected chi connectivity index (χ0v) is 25.7. The van der Waals surface area contributed by atoms with Crippen molar-refractivity contribution in [1.82, 2.24) is 24.1 Å². The van der Waals surface area contributed by atoms with Crippen LogP contribution in [0.1, 0.15) is 0 Å². The van der Waals surface area contributed by atoms with Crippen molar-refractivity contribution in [1.29, 1.82) is 0 Å². The predicted octanol–water partition coefficient (Wildman–Crippen LogP) is 10.5. The van der Waals surface area contributed by atoms with Crippen LogP contribution in [0.4, 0.5) is 0 Å². The summed E-state index contributed by atoms with van der Waals surface area (Å²) < 4.78 is 4.71. The first kappa shape index (κ1) is 25.2. The summed E-state index contributed by atoms with van der Waals surface area (Å²) in [5, 5.41) is 8.38. The Morgan fingerprint density at radius 1 is 0.532 bits per heavy atom. The number of benzene rings is 6. The lowest BCUT2D eigenvalue weighted by molar-refractivity contribution is 1.01. The van der Waals surface area contributed by atoms with Crippen molar-refractivity contribution in [2.75, 3.05) is 0 Å². The van der Waals surface area contributed by atoms with Gasteiger partial charge in [-0.2, -0.15) is 0 Å². The van der Waals surface area contributed by atoms with Gasteiger partial charge in [0.1, 0.15) is 0 Å². The van der Waals surface area contributed by atoms with Crippen molar-refractivity contribution in [3.63, 3.8) is 0 Å². The average molecular weight is 618 g/mol. The molecule has 11 rings (SSSR count). The van der Waals surface area contributed by atoms with E-state index in [1.807, 2.05) is 30.2 Å². The predicted molar refractivity (Wildman–Crippen MR) is 193 cm³/mol. The highest BCUT2D eigenvalue weighted by Gasteiger charge is 2.25. The summed E-state index contributed by atoms with van der Waals surface area (Å²) in [5.41, 5.74) is 8.98. The Labute approximate surface area is 272 Å². The summed E-state index contributed by atoms with van der Waals surface area (Å²) in [6.07, 6.45) is 5.64. The third-order valence-electron chi connectivity index (χ3n) is 9.63. The molecule has 218 valence electrons. The van der Waals surface area contributed by atoms with E-state index in [0.29, 0.717) is 5.95 Å². The summed E-state index contributed by atoms with van der Waals surface area (Å²) in [5.74, 6) is 0.659. The topological polar surface area (TPSA) is 48.5 Å². The molecule has 0 saturated carbocycles. The second kappa shape index (κ2) is 9.28. The van der Waals surface area contributed by atoms with Gasteiger partial charge in [0.15, 0.2) is 0 Å². The van der Waals surface area contributed by atoms with Gasteiger partial charge in [-0.05, 0) is 59.5 Å². The Hall–Kier alpha value is -5.98. The Morgan fingerprint density at radius 3 is 2.21 bits per heavy atom. The molecular weight excluding hydrogens is 595 g/mol. The van der Waals surface area contributed by atoms with Crippen molar-refractivity contribution in [2.24, 2.45) is 0 Å². The van der Waals surface area contributed by atoms with Gasteiger partial charge >= 0.3 is 0 Å². The molecule has 6 heteroatoms. The van der Waals surface area contributed by atoms with Gasteiger partial charge in [0.05, 0.1) is 33.3 Å². The molecule has 47 heavy (non-hydrogen) atoms. The number of hydrogen-bond acceptors (Lipinski definition) is 4. The van der Waals surface area contributed by atoms with Crippen LogP contribution in [0.25, 0.3) is 88.0 Å². The van der Waals surface area contributed by atoms with Gasteiger partial charge in [-0.3, -0.25) is 9.55 Å². The third-order valence-corrected chi connectivity index (χ3v) is 10.7. The van der Waals surface area contributed by atoms with Gasteiger partial charge in [0.25, 0.3) is 0 Å². The van der Waals surface area contributed by atoms with Crippen LogP contribution in [-0.4, -0.2) is 24.1 Å². The molecule has 4 aromatic heterocycles. The highest BCUT2D eigenvalue weighted by atomic mass is 32.2. The highest BCUT2D eigenvalue weighted by molar-refractivity contribution is 7.99. The smallest absolute Gasteiger partial charge is 0.235 e. The summed E-state index contributed by atoms with van der Waals surface area (Å²) in [7, 11) is 0. The minimum Gasteiger partial charge on any atom is -0.306 e. The minimum absolute atomic E-state index is 0.659. The molecule has 0 radical (unpaired) electrons. The first-order valence-electron chi connectivity index (χ1n) is 15.7. The van der Waals surface area contributed by atoms with Crippen LogP contribution in [0.15, 0.2) is 150 Å². The number of hydrogen-bond donors (Lipinski definition) is 0. The fourth-order valence-corrected chi connectivity index (χ4v) is 8.74. The van der Waals surface area contributed by atoms with Crippen molar-refractivity contribution in [2.45, 2.75) is 9.79 Å². The van der Waals surface area contributed by atoms with E-state index in [-0.39, 0.29) is 0 Å². The van der Waals surface area contributed by atoms with Crippen LogP contribution >= 0.6 is 11.8 Å². The number of pyridine rings is 1. The molecule has 0 saturated heterocycles. The van der Waals surface area contributed by atoms with E-state index in [4.69, 9.17) is 9.97 Å². The SMILES string of the molecule is c1cncc(-c2cccc3nc(-n4c5ccccc5c5cc6c7c(ccc6cc54)Sc4cccc5c6ccccc6n-7c45)ncc23)c1. The van der Waals surface area contributed by atoms with Gasteiger partial charge < -0.3 is 4.57 Å². The van der Waals surface area contributed by atoms with Crippen LogP contribution in [0.5, 0.6) is 0 Å². The van der Waals surface area contributed by atoms with Gasteiger partial charge in [-0.25, -0.2) is 9.97 Å². The molecular formula is C41H23N5S. The van der Waals surface area contributed by atoms with E-state index in [9.17, 15) is 0 Å². The summed E-state index contributed by atoms with van der Waals surface area (Å²) in [4.78, 5) is 17.0. The first-order valence-corrected chi connectivity index (χ1v) is 16.5. The monoisotopic (exact) mass is 617 g/mol. The quantitative estimate of drug-likeness (QED) is 0.194. The van der Waals surface area contributed by atoms with E-state index >= 15 is 0 Å². The van der Waals surface area contributed by atoms with Crippen molar-refractivity contribution < 1.29 is 0 Å². The molecule has 5 heterocycles. The second-order valence-corrected chi connectivity index (χ2v) is 13.2. The number of para-hydroxylation sites is 3. The standard InChI is InChI=1S/C41H23N5S/c1-4-15-35-27(9-1)29-12-6-16-37-39(29)46(35)40-30-21-31-28-10-2-3-14-34(28)45(36(31)20-24(30)17-18-38(40)47-37)41-43-23-32-26(11-5-13-33(32)44-41)25-8-7-19-42-22-25/h1-23H. The summed E-state index contributed by atoms with van der Waals surface area (Å²) >= 11 is 1.87. The maximum Gasteiger partial charge on any atom is 0.235 e. The lowest BCUT2D eigenvalue weighted by Crippen LogP contribution is -2.03. The Bertz CT molecular complexity index is 2940. The van der Waals surface area contributed by atoms with Crippen LogP contribution < -0.4 is 0 Å². The van der Waals surface area contributed by atoms with Gasteiger partial charge in [0, 0.05) is 66.3 Å². The van der Waals surface area contributed by atoms with Crippen LogP contribution in [0, 0.1) is 0 Å². The average Bonchev–Trinajstić information content (AvgIpc) is 3.64. The summed E-state index contributed by atoms with van der Waals surface area (Å²) in [6, 6.07) is 43.6. The van der Waals surface area contributed by atoms with Crippen LogP contribution in [0.3, 0.4) is 0 Å². The largest absolute Gasteiger partial charge is 0.306 e. The van der Waals surface area contributed by atoms with E-state index in [1.54, 1.807) is 6.20 Å². The molecule has 1 aliphatic rings. The van der Waals surface area contributed by atoms with Crippen molar-refractivity contribution >= 4 is 77.0 Å². The number of fused-ring (bicyclic) bond motifs is 11. The number of rotatable bonds is 2. The second-order valence-electron chi connectivity index (χ2n) is 12.1. The van der Waals surface area contributed by atoms with Crippen LogP contribution in [0.2, 0.25) is 0 Å². The highest BCUT2D eigenvalue weighted by Crippen LogP contribution is 2.49. The Balaban J connectivity index is 1.20. The van der Waals surface area contributed by atoms with E-state index in [1.165, 1.54) is 58.8 Å². The fourth-order valence-electron chi connectivity index (χ4n) is 7.63. The molecule has 0 unspecified atom stereocenters. The van der Waals surface area contributed by atoms with Gasteiger partial charge in [-0.15, -0.1) is 0 Å².